The van der Waals surface area contributed by atoms with Crippen LogP contribution < -0.4 is 14.2 Å². The zero-order valence-electron chi connectivity index (χ0n) is 27.4. The van der Waals surface area contributed by atoms with Crippen molar-refractivity contribution in [3.63, 3.8) is 0 Å². The third kappa shape index (κ3) is 6.01. The molecule has 18 nitrogen and oxygen atoms in total. The standard InChI is InChI=1S/C33H38O18/c1-44-16-7-12(4-5-15(16)36)20-21-13(8-17(45-2)24(38)28(21)46-3)6-14-22(20)31(43)49-29-25(39)19(10-47-30(14)42)50-33(29,11-35)51-32-27(41)26(40)23(37)18(9-34)48-32/h4-8,18-20,22-23,25-27,29,32,34-41H,9-11H2,1-3H3. The summed E-state index contributed by atoms with van der Waals surface area (Å²) in [5.74, 6) is -8.47. The lowest BCUT2D eigenvalue weighted by Gasteiger charge is -2.43. The predicted molar refractivity (Wildman–Crippen MR) is 166 cm³/mol. The number of fused-ring (bicyclic) bond motifs is 4. The highest BCUT2D eigenvalue weighted by atomic mass is 16.8. The minimum Gasteiger partial charge on any atom is -0.504 e. The molecule has 1 aliphatic carbocycles. The van der Waals surface area contributed by atoms with Crippen molar-refractivity contribution in [1.29, 1.82) is 0 Å². The second kappa shape index (κ2) is 14.1. The SMILES string of the molecule is COc1cc(C2c3c(cc(OC)c(O)c3OC)C=C3C(=O)OCC4OC(CO)(OC5OC(CO)C(O)C(O)C5O)C(OC(=O)C32)C4O)ccc1O. The molecule has 0 spiro atoms. The Morgan fingerprint density at radius 2 is 1.61 bits per heavy atom. The molecule has 0 amide bonds. The molecular formula is C33H38O18. The zero-order chi connectivity index (χ0) is 36.9. The van der Waals surface area contributed by atoms with Crippen molar-refractivity contribution < 1.29 is 88.3 Å². The van der Waals surface area contributed by atoms with Crippen LogP contribution in [0.25, 0.3) is 6.08 Å². The third-order valence-electron chi connectivity index (χ3n) is 9.54. The van der Waals surface area contributed by atoms with E-state index in [1.165, 1.54) is 51.7 Å². The maximum atomic E-state index is 14.6. The number of carbonyl (C=O) groups is 2. The minimum atomic E-state index is -2.53. The molecule has 3 fully saturated rings. The van der Waals surface area contributed by atoms with Gasteiger partial charge in [-0.15, -0.1) is 0 Å². The van der Waals surface area contributed by atoms with Gasteiger partial charge in [0.15, 0.2) is 35.4 Å². The van der Waals surface area contributed by atoms with Crippen molar-refractivity contribution >= 4 is 18.0 Å². The normalized spacial score (nSPS) is 34.7. The van der Waals surface area contributed by atoms with Crippen molar-refractivity contribution in [2.24, 2.45) is 5.92 Å². The number of benzene rings is 2. The number of hydrogen-bond donors (Lipinski definition) is 8. The Morgan fingerprint density at radius 3 is 2.25 bits per heavy atom. The first-order valence-corrected chi connectivity index (χ1v) is 15.7. The van der Waals surface area contributed by atoms with Gasteiger partial charge in [0.1, 0.15) is 55.8 Å². The molecule has 18 heteroatoms. The Kier molecular flexibility index (Phi) is 10.1. The van der Waals surface area contributed by atoms with Crippen molar-refractivity contribution in [3.8, 4) is 28.7 Å². The minimum absolute atomic E-state index is 0.00709. The summed E-state index contributed by atoms with van der Waals surface area (Å²) < 4.78 is 44.7. The van der Waals surface area contributed by atoms with Crippen molar-refractivity contribution in [3.05, 3.63) is 46.5 Å². The number of cyclic esters (lactones) is 1. The highest BCUT2D eigenvalue weighted by molar-refractivity contribution is 6.02. The molecule has 3 saturated heterocycles. The molecular weight excluding hydrogens is 684 g/mol. The molecule has 8 N–H and O–H groups in total. The fourth-order valence-corrected chi connectivity index (χ4v) is 6.96. The maximum Gasteiger partial charge on any atom is 0.335 e. The van der Waals surface area contributed by atoms with Gasteiger partial charge in [0.2, 0.25) is 11.5 Å². The van der Waals surface area contributed by atoms with Gasteiger partial charge in [0.05, 0.1) is 33.5 Å². The molecule has 0 radical (unpaired) electrons. The van der Waals surface area contributed by atoms with Gasteiger partial charge < -0.3 is 78.7 Å². The van der Waals surface area contributed by atoms with Crippen molar-refractivity contribution in [2.75, 3.05) is 41.2 Å². The number of aliphatic hydroxyl groups excluding tert-OH is 6. The lowest BCUT2D eigenvalue weighted by molar-refractivity contribution is -0.383. The Labute approximate surface area is 289 Å². The summed E-state index contributed by atoms with van der Waals surface area (Å²) in [7, 11) is 3.87. The van der Waals surface area contributed by atoms with E-state index in [4.69, 9.17) is 37.9 Å². The van der Waals surface area contributed by atoms with E-state index in [1.807, 2.05) is 0 Å². The molecule has 278 valence electrons. The van der Waals surface area contributed by atoms with E-state index in [0.717, 1.165) is 0 Å². The van der Waals surface area contributed by atoms with Crippen molar-refractivity contribution in [2.45, 2.75) is 60.7 Å². The van der Waals surface area contributed by atoms with Gasteiger partial charge in [-0.25, -0.2) is 4.79 Å². The van der Waals surface area contributed by atoms with Gasteiger partial charge >= 0.3 is 11.9 Å². The van der Waals surface area contributed by atoms with Crippen LogP contribution in [0, 0.1) is 5.92 Å². The highest BCUT2D eigenvalue weighted by Gasteiger charge is 2.62. The molecule has 0 saturated carbocycles. The van der Waals surface area contributed by atoms with Crippen LogP contribution >= 0.6 is 0 Å². The number of hydrogen-bond acceptors (Lipinski definition) is 18. The molecule has 2 aromatic rings. The number of ether oxygens (including phenoxy) is 8. The molecule has 51 heavy (non-hydrogen) atoms. The Balaban J connectivity index is 1.49. The second-order valence-electron chi connectivity index (χ2n) is 12.3. The van der Waals surface area contributed by atoms with Gasteiger partial charge in [-0.3, -0.25) is 4.79 Å². The van der Waals surface area contributed by atoms with Crippen LogP contribution in [0.15, 0.2) is 29.8 Å². The molecule has 2 aromatic carbocycles. The Morgan fingerprint density at radius 1 is 0.882 bits per heavy atom. The number of aliphatic hydroxyl groups is 6. The Bertz CT molecular complexity index is 1690. The van der Waals surface area contributed by atoms with Gasteiger partial charge in [0.25, 0.3) is 0 Å². The summed E-state index contributed by atoms with van der Waals surface area (Å²) >= 11 is 0. The molecule has 2 bridgehead atoms. The number of methoxy groups -OCH3 is 3. The van der Waals surface area contributed by atoms with E-state index in [2.05, 4.69) is 0 Å². The zero-order valence-corrected chi connectivity index (χ0v) is 27.4. The van der Waals surface area contributed by atoms with Crippen LogP contribution in [-0.2, 0) is 33.3 Å². The molecule has 11 atom stereocenters. The first-order chi connectivity index (χ1) is 24.3. The fourth-order valence-electron chi connectivity index (χ4n) is 6.96. The van der Waals surface area contributed by atoms with Crippen LogP contribution in [0.3, 0.4) is 0 Å². The molecule has 3 heterocycles. The number of esters is 2. The number of carbonyl (C=O) groups excluding carboxylic acids is 2. The van der Waals surface area contributed by atoms with Crippen LogP contribution in [0.4, 0.5) is 0 Å². The topological polar surface area (TPSA) is 270 Å². The highest BCUT2D eigenvalue weighted by Crippen LogP contribution is 2.54. The maximum absolute atomic E-state index is 14.6. The van der Waals surface area contributed by atoms with E-state index in [0.29, 0.717) is 0 Å². The summed E-state index contributed by atoms with van der Waals surface area (Å²) in [4.78, 5) is 28.4. The van der Waals surface area contributed by atoms with E-state index in [9.17, 15) is 50.4 Å². The van der Waals surface area contributed by atoms with Gasteiger partial charge in [-0.2, -0.15) is 0 Å². The smallest absolute Gasteiger partial charge is 0.335 e. The molecule has 0 aromatic heterocycles. The lowest BCUT2D eigenvalue weighted by Crippen LogP contribution is -2.63. The van der Waals surface area contributed by atoms with E-state index >= 15 is 0 Å². The summed E-state index contributed by atoms with van der Waals surface area (Å²) in [6.45, 7) is -2.63. The van der Waals surface area contributed by atoms with Crippen LogP contribution in [0.2, 0.25) is 0 Å². The summed E-state index contributed by atoms with van der Waals surface area (Å²) in [6, 6.07) is 5.54. The van der Waals surface area contributed by atoms with E-state index in [1.54, 1.807) is 0 Å². The fraction of sp³-hybridized carbons (Fsp3) is 0.515. The van der Waals surface area contributed by atoms with Crippen LogP contribution in [0.1, 0.15) is 22.6 Å². The first kappa shape index (κ1) is 36.5. The van der Waals surface area contributed by atoms with Gasteiger partial charge in [-0.1, -0.05) is 6.07 Å². The number of rotatable bonds is 8. The monoisotopic (exact) mass is 722 g/mol. The Hall–Kier alpha value is -4.24. The summed E-state index contributed by atoms with van der Waals surface area (Å²) in [5.41, 5.74) is 0.491. The number of phenols is 2. The lowest BCUT2D eigenvalue weighted by atomic mass is 9.70. The van der Waals surface area contributed by atoms with E-state index < -0.39 is 104 Å². The number of phenolic OH excluding ortho intramolecular Hbond substituents is 2. The molecule has 6 rings (SSSR count). The third-order valence-corrected chi connectivity index (χ3v) is 9.54. The number of aromatic hydroxyl groups is 2. The first-order valence-electron chi connectivity index (χ1n) is 15.7. The summed E-state index contributed by atoms with van der Waals surface area (Å²) in [5, 5.41) is 84.4. The molecule has 3 aliphatic heterocycles. The second-order valence-corrected chi connectivity index (χ2v) is 12.3. The van der Waals surface area contributed by atoms with Crippen LogP contribution in [-0.4, -0.2) is 149 Å². The molecule has 11 unspecified atom stereocenters. The molecule has 4 aliphatic rings. The van der Waals surface area contributed by atoms with E-state index in [-0.39, 0.29) is 45.3 Å². The summed E-state index contributed by atoms with van der Waals surface area (Å²) in [6.07, 6.45) is -12.9. The quantitative estimate of drug-likeness (QED) is 0.137. The van der Waals surface area contributed by atoms with Crippen LogP contribution in [0.5, 0.6) is 28.7 Å². The van der Waals surface area contributed by atoms with Gasteiger partial charge in [0, 0.05) is 11.5 Å². The average Bonchev–Trinajstić information content (AvgIpc) is 3.38. The van der Waals surface area contributed by atoms with Gasteiger partial charge in [-0.05, 0) is 35.4 Å². The average molecular weight is 723 g/mol. The predicted octanol–water partition coefficient (Wildman–Crippen LogP) is -2.00. The largest absolute Gasteiger partial charge is 0.504 e. The van der Waals surface area contributed by atoms with Crippen molar-refractivity contribution in [1.82, 2.24) is 0 Å².